The molecule has 0 radical (unpaired) electrons. The van der Waals surface area contributed by atoms with Crippen molar-refractivity contribution in [3.63, 3.8) is 0 Å². The summed E-state index contributed by atoms with van der Waals surface area (Å²) in [6.45, 7) is 5.71. The number of ketones is 1. The van der Waals surface area contributed by atoms with Gasteiger partial charge in [-0.2, -0.15) is 0 Å². The normalized spacial score (nSPS) is 12.4. The summed E-state index contributed by atoms with van der Waals surface area (Å²) in [5.41, 5.74) is 1.61. The molecule has 4 nitrogen and oxygen atoms in total. The molecule has 0 aliphatic rings. The van der Waals surface area contributed by atoms with Crippen LogP contribution in [0.5, 0.6) is 0 Å². The van der Waals surface area contributed by atoms with E-state index in [1.807, 2.05) is 32.9 Å². The average molecular weight is 249 g/mol. The lowest BCUT2D eigenvalue weighted by atomic mass is 10.00. The smallest absolute Gasteiger partial charge is 0.305 e. The fraction of sp³-hybridized carbons (Fsp3) is 0.429. The second kappa shape index (κ2) is 6.31. The summed E-state index contributed by atoms with van der Waals surface area (Å²) in [6.07, 6.45) is -0.203. The molecule has 1 atom stereocenters. The zero-order valence-corrected chi connectivity index (χ0v) is 10.9. The van der Waals surface area contributed by atoms with Gasteiger partial charge >= 0.3 is 5.97 Å². The highest BCUT2D eigenvalue weighted by molar-refractivity contribution is 6.01. The van der Waals surface area contributed by atoms with E-state index in [1.165, 1.54) is 0 Å². The highest BCUT2D eigenvalue weighted by Gasteiger charge is 2.23. The first-order valence-electron chi connectivity index (χ1n) is 5.99. The lowest BCUT2D eigenvalue weighted by Crippen LogP contribution is -2.42. The second-order valence-corrected chi connectivity index (χ2v) is 4.70. The van der Waals surface area contributed by atoms with Gasteiger partial charge in [-0.3, -0.25) is 9.59 Å². The highest BCUT2D eigenvalue weighted by Crippen LogP contribution is 2.09. The predicted molar refractivity (Wildman–Crippen MR) is 69.8 cm³/mol. The minimum atomic E-state index is -0.978. The fourth-order valence-electron chi connectivity index (χ4n) is 1.72. The van der Waals surface area contributed by atoms with Crippen molar-refractivity contribution in [2.24, 2.45) is 0 Å². The van der Waals surface area contributed by atoms with Gasteiger partial charge < -0.3 is 10.4 Å². The molecule has 0 aliphatic carbocycles. The molecule has 1 unspecified atom stereocenters. The Kier molecular flexibility index (Phi) is 5.04. The van der Waals surface area contributed by atoms with Gasteiger partial charge in [0.05, 0.1) is 12.5 Å². The largest absolute Gasteiger partial charge is 0.481 e. The minimum absolute atomic E-state index is 0.0590. The third-order valence-corrected chi connectivity index (χ3v) is 2.57. The van der Waals surface area contributed by atoms with Crippen molar-refractivity contribution in [1.29, 1.82) is 0 Å². The van der Waals surface area contributed by atoms with Crippen LogP contribution in [0, 0.1) is 6.92 Å². The molecule has 0 aromatic heterocycles. The number of benzene rings is 1. The Balaban J connectivity index is 2.87. The maximum absolute atomic E-state index is 12.2. The Morgan fingerprint density at radius 1 is 1.22 bits per heavy atom. The molecular formula is C14H19NO3. The van der Waals surface area contributed by atoms with Crippen LogP contribution in [0.3, 0.4) is 0 Å². The maximum Gasteiger partial charge on any atom is 0.305 e. The van der Waals surface area contributed by atoms with Gasteiger partial charge in [-0.15, -0.1) is 0 Å². The van der Waals surface area contributed by atoms with Crippen molar-refractivity contribution in [3.8, 4) is 0 Å². The van der Waals surface area contributed by atoms with Crippen LogP contribution in [0.15, 0.2) is 24.3 Å². The number of carboxylic acids is 1. The molecule has 98 valence electrons. The number of hydrogen-bond donors (Lipinski definition) is 2. The highest BCUT2D eigenvalue weighted by atomic mass is 16.4. The molecule has 18 heavy (non-hydrogen) atoms. The predicted octanol–water partition coefficient (Wildman–Crippen LogP) is 2.02. The monoisotopic (exact) mass is 249 g/mol. The van der Waals surface area contributed by atoms with E-state index in [0.717, 1.165) is 5.56 Å². The SMILES string of the molecule is Cc1ccc(C(=O)C(CC(=O)O)NC(C)C)cc1. The summed E-state index contributed by atoms with van der Waals surface area (Å²) in [6, 6.07) is 6.54. The second-order valence-electron chi connectivity index (χ2n) is 4.70. The Labute approximate surface area is 107 Å². The van der Waals surface area contributed by atoms with Crippen LogP contribution in [0.4, 0.5) is 0 Å². The van der Waals surface area contributed by atoms with Crippen LogP contribution >= 0.6 is 0 Å². The van der Waals surface area contributed by atoms with Gasteiger partial charge in [0.2, 0.25) is 0 Å². The van der Waals surface area contributed by atoms with Gasteiger partial charge in [0.1, 0.15) is 0 Å². The zero-order valence-electron chi connectivity index (χ0n) is 10.9. The molecule has 0 fully saturated rings. The third kappa shape index (κ3) is 4.30. The first kappa shape index (κ1) is 14.4. The molecule has 0 bridgehead atoms. The number of Topliss-reactive ketones (excluding diaryl/α,β-unsaturated/α-hetero) is 1. The molecule has 2 N–H and O–H groups in total. The molecule has 0 heterocycles. The van der Waals surface area contributed by atoms with Crippen molar-refractivity contribution in [2.75, 3.05) is 0 Å². The van der Waals surface area contributed by atoms with Crippen molar-refractivity contribution in [2.45, 2.75) is 39.3 Å². The summed E-state index contributed by atoms with van der Waals surface area (Å²) >= 11 is 0. The lowest BCUT2D eigenvalue weighted by molar-refractivity contribution is -0.137. The van der Waals surface area contributed by atoms with E-state index in [2.05, 4.69) is 5.32 Å². The van der Waals surface area contributed by atoms with Gasteiger partial charge in [0.15, 0.2) is 5.78 Å². The minimum Gasteiger partial charge on any atom is -0.481 e. The third-order valence-electron chi connectivity index (χ3n) is 2.57. The van der Waals surface area contributed by atoms with Crippen molar-refractivity contribution in [1.82, 2.24) is 5.32 Å². The molecule has 0 aliphatic heterocycles. The molecule has 0 amide bonds. The number of carboxylic acid groups (broad SMARTS) is 1. The van der Waals surface area contributed by atoms with E-state index < -0.39 is 12.0 Å². The van der Waals surface area contributed by atoms with Gasteiger partial charge in [-0.05, 0) is 6.92 Å². The fourth-order valence-corrected chi connectivity index (χ4v) is 1.72. The van der Waals surface area contributed by atoms with E-state index >= 15 is 0 Å². The molecule has 0 saturated heterocycles. The number of aryl methyl sites for hydroxylation is 1. The van der Waals surface area contributed by atoms with Crippen molar-refractivity contribution < 1.29 is 14.7 Å². The van der Waals surface area contributed by atoms with E-state index in [9.17, 15) is 9.59 Å². The molecule has 1 aromatic carbocycles. The number of hydrogen-bond acceptors (Lipinski definition) is 3. The summed E-state index contributed by atoms with van der Waals surface area (Å²) < 4.78 is 0. The van der Waals surface area contributed by atoms with Gasteiger partial charge in [0.25, 0.3) is 0 Å². The number of carbonyl (C=O) groups excluding carboxylic acids is 1. The molecule has 1 rings (SSSR count). The van der Waals surface area contributed by atoms with Gasteiger partial charge in [0, 0.05) is 11.6 Å². The Hall–Kier alpha value is -1.68. The number of carbonyl (C=O) groups is 2. The Morgan fingerprint density at radius 3 is 2.22 bits per heavy atom. The van der Waals surface area contributed by atoms with E-state index in [-0.39, 0.29) is 18.2 Å². The van der Waals surface area contributed by atoms with Crippen LogP contribution in [0.1, 0.15) is 36.2 Å². The first-order valence-corrected chi connectivity index (χ1v) is 5.99. The molecule has 0 saturated carbocycles. The lowest BCUT2D eigenvalue weighted by Gasteiger charge is -2.18. The number of rotatable bonds is 6. The molecule has 0 spiro atoms. The van der Waals surface area contributed by atoms with Crippen molar-refractivity contribution in [3.05, 3.63) is 35.4 Å². The van der Waals surface area contributed by atoms with E-state index in [4.69, 9.17) is 5.11 Å². The van der Waals surface area contributed by atoms with Crippen LogP contribution < -0.4 is 5.32 Å². The molecule has 4 heteroatoms. The standard InChI is InChI=1S/C14H19NO3/c1-9(2)15-12(8-13(16)17)14(18)11-6-4-10(3)5-7-11/h4-7,9,12,15H,8H2,1-3H3,(H,16,17). The van der Waals surface area contributed by atoms with Crippen LogP contribution in [-0.2, 0) is 4.79 Å². The zero-order chi connectivity index (χ0) is 13.7. The molecular weight excluding hydrogens is 230 g/mol. The van der Waals surface area contributed by atoms with Crippen molar-refractivity contribution >= 4 is 11.8 Å². The van der Waals surface area contributed by atoms with Gasteiger partial charge in [-0.1, -0.05) is 43.7 Å². The Morgan fingerprint density at radius 2 is 1.78 bits per heavy atom. The average Bonchev–Trinajstić information content (AvgIpc) is 2.27. The topological polar surface area (TPSA) is 66.4 Å². The molecule has 1 aromatic rings. The van der Waals surface area contributed by atoms with Crippen LogP contribution in [0.25, 0.3) is 0 Å². The quantitative estimate of drug-likeness (QED) is 0.757. The summed E-state index contributed by atoms with van der Waals surface area (Å²) in [5.74, 6) is -1.15. The summed E-state index contributed by atoms with van der Waals surface area (Å²) in [7, 11) is 0. The van der Waals surface area contributed by atoms with Gasteiger partial charge in [-0.25, -0.2) is 0 Å². The first-order chi connectivity index (χ1) is 8.40. The summed E-state index contributed by atoms with van der Waals surface area (Å²) in [5, 5.41) is 11.8. The number of aliphatic carboxylic acids is 1. The Bertz CT molecular complexity index is 423. The van der Waals surface area contributed by atoms with E-state index in [1.54, 1.807) is 12.1 Å². The van der Waals surface area contributed by atoms with Crippen LogP contribution in [-0.4, -0.2) is 28.9 Å². The van der Waals surface area contributed by atoms with E-state index in [0.29, 0.717) is 5.56 Å². The number of nitrogens with one attached hydrogen (secondary N) is 1. The summed E-state index contributed by atoms with van der Waals surface area (Å²) in [4.78, 5) is 23.0. The maximum atomic E-state index is 12.2. The van der Waals surface area contributed by atoms with Crippen LogP contribution in [0.2, 0.25) is 0 Å².